The molecular weight excluding hydrogens is 202 g/mol. The summed E-state index contributed by atoms with van der Waals surface area (Å²) in [4.78, 5) is 2.23. The molecule has 1 N–H and O–H groups in total. The SMILES string of the molecule is CCN(CCO)Cc1ccc2c(c1)CCO2. The second-order valence-electron chi connectivity index (χ2n) is 4.13. The number of benzene rings is 1. The third kappa shape index (κ3) is 2.54. The summed E-state index contributed by atoms with van der Waals surface area (Å²) in [5.41, 5.74) is 2.62. The summed E-state index contributed by atoms with van der Waals surface area (Å²) < 4.78 is 5.48. The van der Waals surface area contributed by atoms with Gasteiger partial charge in [-0.05, 0) is 23.7 Å². The highest BCUT2D eigenvalue weighted by molar-refractivity contribution is 5.39. The Balaban J connectivity index is 2.04. The number of ether oxygens (including phenoxy) is 1. The normalized spacial score (nSPS) is 13.9. The van der Waals surface area contributed by atoms with Crippen LogP contribution in [0.2, 0.25) is 0 Å². The van der Waals surface area contributed by atoms with E-state index in [0.29, 0.717) is 0 Å². The zero-order valence-corrected chi connectivity index (χ0v) is 9.78. The third-order valence-corrected chi connectivity index (χ3v) is 3.02. The molecule has 0 unspecified atom stereocenters. The summed E-state index contributed by atoms with van der Waals surface area (Å²) in [6, 6.07) is 6.40. The molecule has 0 amide bonds. The smallest absolute Gasteiger partial charge is 0.122 e. The van der Waals surface area contributed by atoms with Crippen molar-refractivity contribution in [3.63, 3.8) is 0 Å². The van der Waals surface area contributed by atoms with Crippen molar-refractivity contribution in [2.45, 2.75) is 19.9 Å². The predicted molar refractivity (Wildman–Crippen MR) is 63.7 cm³/mol. The van der Waals surface area contributed by atoms with Crippen LogP contribution in [0.5, 0.6) is 5.75 Å². The number of hydrogen-bond donors (Lipinski definition) is 1. The average Bonchev–Trinajstić information content (AvgIpc) is 2.75. The molecule has 0 aromatic heterocycles. The van der Waals surface area contributed by atoms with E-state index in [2.05, 4.69) is 30.0 Å². The summed E-state index contributed by atoms with van der Waals surface area (Å²) in [6.07, 6.45) is 1.02. The van der Waals surface area contributed by atoms with Gasteiger partial charge < -0.3 is 9.84 Å². The molecule has 1 aliphatic rings. The van der Waals surface area contributed by atoms with Crippen LogP contribution in [0, 0.1) is 0 Å². The maximum atomic E-state index is 8.94. The number of fused-ring (bicyclic) bond motifs is 1. The van der Waals surface area contributed by atoms with Gasteiger partial charge in [0.2, 0.25) is 0 Å². The topological polar surface area (TPSA) is 32.7 Å². The van der Waals surface area contributed by atoms with Crippen molar-refractivity contribution in [1.29, 1.82) is 0 Å². The van der Waals surface area contributed by atoms with E-state index in [4.69, 9.17) is 9.84 Å². The molecule has 0 saturated heterocycles. The van der Waals surface area contributed by atoms with E-state index in [0.717, 1.165) is 38.4 Å². The van der Waals surface area contributed by atoms with Gasteiger partial charge in [0.25, 0.3) is 0 Å². The van der Waals surface area contributed by atoms with E-state index in [1.165, 1.54) is 11.1 Å². The molecule has 3 nitrogen and oxygen atoms in total. The first-order valence-electron chi connectivity index (χ1n) is 5.91. The van der Waals surface area contributed by atoms with Gasteiger partial charge in [-0.25, -0.2) is 0 Å². The molecular formula is C13H19NO2. The Bertz CT molecular complexity index is 352. The van der Waals surface area contributed by atoms with E-state index in [-0.39, 0.29) is 6.61 Å². The van der Waals surface area contributed by atoms with Crippen LogP contribution in [-0.2, 0) is 13.0 Å². The van der Waals surface area contributed by atoms with Gasteiger partial charge in [-0.3, -0.25) is 4.90 Å². The Kier molecular flexibility index (Phi) is 3.80. The van der Waals surface area contributed by atoms with E-state index < -0.39 is 0 Å². The lowest BCUT2D eigenvalue weighted by atomic mass is 10.1. The van der Waals surface area contributed by atoms with Crippen LogP contribution in [0.15, 0.2) is 18.2 Å². The average molecular weight is 221 g/mol. The molecule has 1 aliphatic heterocycles. The van der Waals surface area contributed by atoms with Crippen LogP contribution in [0.3, 0.4) is 0 Å². The standard InChI is InChI=1S/C13H19NO2/c1-2-14(6-7-15)10-11-3-4-13-12(9-11)5-8-16-13/h3-4,9,15H,2,5-8,10H2,1H3. The largest absolute Gasteiger partial charge is 0.493 e. The van der Waals surface area contributed by atoms with Crippen LogP contribution in [0.25, 0.3) is 0 Å². The van der Waals surface area contributed by atoms with Crippen molar-refractivity contribution in [3.05, 3.63) is 29.3 Å². The fraction of sp³-hybridized carbons (Fsp3) is 0.538. The van der Waals surface area contributed by atoms with Gasteiger partial charge >= 0.3 is 0 Å². The lowest BCUT2D eigenvalue weighted by molar-refractivity contribution is 0.197. The Hall–Kier alpha value is -1.06. The van der Waals surface area contributed by atoms with Gasteiger partial charge in [0.15, 0.2) is 0 Å². The fourth-order valence-corrected chi connectivity index (χ4v) is 2.09. The number of hydrogen-bond acceptors (Lipinski definition) is 3. The lowest BCUT2D eigenvalue weighted by Gasteiger charge is -2.19. The van der Waals surface area contributed by atoms with Crippen LogP contribution in [0.1, 0.15) is 18.1 Å². The quantitative estimate of drug-likeness (QED) is 0.816. The number of nitrogens with zero attached hydrogens (tertiary/aromatic N) is 1. The molecule has 16 heavy (non-hydrogen) atoms. The fourth-order valence-electron chi connectivity index (χ4n) is 2.09. The number of rotatable bonds is 5. The summed E-state index contributed by atoms with van der Waals surface area (Å²) in [7, 11) is 0. The Morgan fingerprint density at radius 1 is 1.44 bits per heavy atom. The van der Waals surface area contributed by atoms with Gasteiger partial charge in [-0.15, -0.1) is 0 Å². The lowest BCUT2D eigenvalue weighted by Crippen LogP contribution is -2.26. The molecule has 1 aromatic carbocycles. The number of aliphatic hydroxyl groups excluding tert-OH is 1. The summed E-state index contributed by atoms with van der Waals surface area (Å²) in [5, 5.41) is 8.94. The molecule has 1 aromatic rings. The minimum absolute atomic E-state index is 0.224. The predicted octanol–water partition coefficient (Wildman–Crippen LogP) is 1.44. The molecule has 0 aliphatic carbocycles. The van der Waals surface area contributed by atoms with Crippen LogP contribution in [-0.4, -0.2) is 36.3 Å². The minimum atomic E-state index is 0.224. The Labute approximate surface area is 96.6 Å². The van der Waals surface area contributed by atoms with Crippen molar-refractivity contribution in [2.75, 3.05) is 26.3 Å². The van der Waals surface area contributed by atoms with Crippen molar-refractivity contribution >= 4 is 0 Å². The van der Waals surface area contributed by atoms with Crippen LogP contribution < -0.4 is 4.74 Å². The molecule has 0 fully saturated rings. The molecule has 0 bridgehead atoms. The van der Waals surface area contributed by atoms with E-state index in [1.807, 2.05) is 0 Å². The van der Waals surface area contributed by atoms with Gasteiger partial charge in [0.1, 0.15) is 5.75 Å². The van der Waals surface area contributed by atoms with Crippen molar-refractivity contribution in [2.24, 2.45) is 0 Å². The third-order valence-electron chi connectivity index (χ3n) is 3.02. The second kappa shape index (κ2) is 5.32. The first-order valence-corrected chi connectivity index (χ1v) is 5.91. The van der Waals surface area contributed by atoms with Crippen molar-refractivity contribution in [3.8, 4) is 5.75 Å². The van der Waals surface area contributed by atoms with Gasteiger partial charge in [-0.1, -0.05) is 19.1 Å². The van der Waals surface area contributed by atoms with E-state index in [9.17, 15) is 0 Å². The monoisotopic (exact) mass is 221 g/mol. The zero-order chi connectivity index (χ0) is 11.4. The number of aliphatic hydroxyl groups is 1. The summed E-state index contributed by atoms with van der Waals surface area (Å²) in [5.74, 6) is 1.04. The second-order valence-corrected chi connectivity index (χ2v) is 4.13. The highest BCUT2D eigenvalue weighted by Gasteiger charge is 2.12. The van der Waals surface area contributed by atoms with Crippen molar-refractivity contribution < 1.29 is 9.84 Å². The minimum Gasteiger partial charge on any atom is -0.493 e. The molecule has 0 radical (unpaired) electrons. The summed E-state index contributed by atoms with van der Waals surface area (Å²) in [6.45, 7) is 5.77. The molecule has 1 heterocycles. The highest BCUT2D eigenvalue weighted by atomic mass is 16.5. The molecule has 88 valence electrons. The summed E-state index contributed by atoms with van der Waals surface area (Å²) >= 11 is 0. The first kappa shape index (κ1) is 11.4. The molecule has 0 spiro atoms. The van der Waals surface area contributed by atoms with Gasteiger partial charge in [0, 0.05) is 19.5 Å². The van der Waals surface area contributed by atoms with Gasteiger partial charge in [0.05, 0.1) is 13.2 Å². The first-order chi connectivity index (χ1) is 7.83. The van der Waals surface area contributed by atoms with Crippen molar-refractivity contribution in [1.82, 2.24) is 4.90 Å². The zero-order valence-electron chi connectivity index (χ0n) is 9.78. The molecule has 0 saturated carbocycles. The maximum absolute atomic E-state index is 8.94. The molecule has 3 heteroatoms. The van der Waals surface area contributed by atoms with E-state index in [1.54, 1.807) is 0 Å². The Morgan fingerprint density at radius 3 is 3.06 bits per heavy atom. The number of likely N-dealkylation sites (N-methyl/N-ethyl adjacent to an activating group) is 1. The van der Waals surface area contributed by atoms with Gasteiger partial charge in [-0.2, -0.15) is 0 Å². The molecule has 0 atom stereocenters. The van der Waals surface area contributed by atoms with Crippen LogP contribution >= 0.6 is 0 Å². The maximum Gasteiger partial charge on any atom is 0.122 e. The van der Waals surface area contributed by atoms with Crippen LogP contribution in [0.4, 0.5) is 0 Å². The highest BCUT2D eigenvalue weighted by Crippen LogP contribution is 2.26. The van der Waals surface area contributed by atoms with E-state index >= 15 is 0 Å². The Morgan fingerprint density at radius 2 is 2.31 bits per heavy atom. The molecule has 2 rings (SSSR count).